The van der Waals surface area contributed by atoms with Gasteiger partial charge in [-0.3, -0.25) is 0 Å². The van der Waals surface area contributed by atoms with Gasteiger partial charge >= 0.3 is 243 Å². The molecule has 0 fully saturated rings. The molecule has 0 heterocycles. The molecule has 0 spiro atoms. The van der Waals surface area contributed by atoms with Crippen molar-refractivity contribution < 1.29 is 18.3 Å². The van der Waals surface area contributed by atoms with E-state index in [1.54, 1.807) is 6.56 Å². The van der Waals surface area contributed by atoms with Crippen molar-refractivity contribution in [2.75, 3.05) is 0 Å². The van der Waals surface area contributed by atoms with E-state index in [0.29, 0.717) is 0 Å². The molecule has 42 heavy (non-hydrogen) atoms. The van der Waals surface area contributed by atoms with Crippen LogP contribution in [-0.2, 0) is 35.5 Å². The second-order valence-corrected chi connectivity index (χ2v) is 28.8. The monoisotopic (exact) mass is 672 g/mol. The van der Waals surface area contributed by atoms with Crippen LogP contribution in [0, 0.1) is 6.92 Å². The number of halogens is 2. The summed E-state index contributed by atoms with van der Waals surface area (Å²) in [5.41, 5.74) is 16.0. The number of allylic oxidation sites excluding steroid dienone is 8. The summed E-state index contributed by atoms with van der Waals surface area (Å²) in [5.74, 6) is 0. The van der Waals surface area contributed by atoms with E-state index in [1.165, 1.54) is 64.5 Å². The Morgan fingerprint density at radius 3 is 1.95 bits per heavy atom. The van der Waals surface area contributed by atoms with Crippen LogP contribution in [0.3, 0.4) is 0 Å². The summed E-state index contributed by atoms with van der Waals surface area (Å²) in [6.45, 7) is 16.5. The van der Waals surface area contributed by atoms with Crippen molar-refractivity contribution in [2.45, 2.75) is 76.8 Å². The average Bonchev–Trinajstić information content (AvgIpc) is 3.63. The van der Waals surface area contributed by atoms with Gasteiger partial charge in [-0.2, -0.15) is 0 Å². The SMILES string of the molecule is Cl.Cl.[CH2]=[Zr]([CH3])([C]1=CC=CC1)([C]1=C(C)c2cc3c(cc2C1(C)C)Cc1cc2c(cc1-3)C(C)=CC2(C)C)[c]1ccc(C)cc1. The number of rotatable bonds is 3. The van der Waals surface area contributed by atoms with Crippen LogP contribution in [-0.4, -0.2) is 4.21 Å². The molecule has 4 aliphatic rings. The average molecular weight is 675 g/mol. The van der Waals surface area contributed by atoms with Gasteiger partial charge in [0.2, 0.25) is 0 Å². The molecule has 0 N–H and O–H groups in total. The molecule has 7 rings (SSSR count). The number of aryl methyl sites for hydroxylation is 1. The molecule has 0 amide bonds. The van der Waals surface area contributed by atoms with Gasteiger partial charge in [0.15, 0.2) is 0 Å². The van der Waals surface area contributed by atoms with Gasteiger partial charge in [0.05, 0.1) is 0 Å². The summed E-state index contributed by atoms with van der Waals surface area (Å²) in [7, 11) is 0. The van der Waals surface area contributed by atoms with E-state index in [2.05, 4.69) is 126 Å². The first-order valence-corrected chi connectivity index (χ1v) is 22.9. The fraction of sp³-hybridized carbons (Fsp3) is 0.308. The summed E-state index contributed by atoms with van der Waals surface area (Å²) in [6.07, 6.45) is 11.5. The Bertz CT molecular complexity index is 1870. The van der Waals surface area contributed by atoms with E-state index in [4.69, 9.17) is 4.21 Å². The molecule has 3 aromatic carbocycles. The molecule has 3 aromatic rings. The molecule has 0 saturated carbocycles. The van der Waals surface area contributed by atoms with Gasteiger partial charge in [-0.1, -0.05) is 0 Å². The number of fused-ring (bicyclic) bond motifs is 5. The Balaban J connectivity index is 0.00000176. The van der Waals surface area contributed by atoms with E-state index in [9.17, 15) is 0 Å². The van der Waals surface area contributed by atoms with Crippen molar-refractivity contribution in [1.82, 2.24) is 0 Å². The first kappa shape index (κ1) is 31.4. The van der Waals surface area contributed by atoms with E-state index >= 15 is 0 Å². The molecule has 0 saturated heterocycles. The molecule has 0 nitrogen and oxygen atoms in total. The predicted octanol–water partition coefficient (Wildman–Crippen LogP) is 10.5. The molecule has 0 unspecified atom stereocenters. The molecule has 3 heteroatoms. The van der Waals surface area contributed by atoms with Crippen molar-refractivity contribution in [2.24, 2.45) is 0 Å². The van der Waals surface area contributed by atoms with E-state index in [1.807, 2.05) is 0 Å². The second-order valence-electron chi connectivity index (χ2n) is 14.7. The number of benzene rings is 3. The van der Waals surface area contributed by atoms with Crippen LogP contribution in [0.1, 0.15) is 86.9 Å². The fourth-order valence-corrected chi connectivity index (χ4v) is 24.6. The Labute approximate surface area is 266 Å². The summed E-state index contributed by atoms with van der Waals surface area (Å²) >= 11 is -4.13. The second kappa shape index (κ2) is 9.73. The first-order valence-electron chi connectivity index (χ1n) is 15.0. The van der Waals surface area contributed by atoms with Crippen LogP contribution < -0.4 is 3.27 Å². The maximum atomic E-state index is 5.41. The van der Waals surface area contributed by atoms with Crippen molar-refractivity contribution in [3.63, 3.8) is 0 Å². The summed E-state index contributed by atoms with van der Waals surface area (Å²) in [5, 5.41) is 0. The molecule has 218 valence electrons. The van der Waals surface area contributed by atoms with Crippen molar-refractivity contribution in [3.05, 3.63) is 118 Å². The van der Waals surface area contributed by atoms with Crippen molar-refractivity contribution in [3.8, 4) is 11.1 Å². The zero-order chi connectivity index (χ0) is 28.4. The molecule has 0 radical (unpaired) electrons. The van der Waals surface area contributed by atoms with Gasteiger partial charge in [-0.25, -0.2) is 0 Å². The van der Waals surface area contributed by atoms with Gasteiger partial charge in [-0.15, -0.1) is 24.8 Å². The summed E-state index contributed by atoms with van der Waals surface area (Å²) < 4.78 is 12.7. The number of hydrogen-bond donors (Lipinski definition) is 0. The van der Waals surface area contributed by atoms with Gasteiger partial charge in [0, 0.05) is 0 Å². The topological polar surface area (TPSA) is 0 Å². The van der Waals surface area contributed by atoms with E-state index in [-0.39, 0.29) is 35.6 Å². The number of hydrogen-bond acceptors (Lipinski definition) is 0. The summed E-state index contributed by atoms with van der Waals surface area (Å²) in [6, 6.07) is 19.5. The van der Waals surface area contributed by atoms with E-state index < -0.39 is 18.3 Å². The zero-order valence-corrected chi connectivity index (χ0v) is 30.5. The Kier molecular flexibility index (Phi) is 7.27. The Morgan fingerprint density at radius 1 is 0.762 bits per heavy atom. The van der Waals surface area contributed by atoms with Crippen LogP contribution in [0.4, 0.5) is 0 Å². The van der Waals surface area contributed by atoms with Crippen LogP contribution in [0.25, 0.3) is 22.3 Å². The molecule has 0 atom stereocenters. The fourth-order valence-electron chi connectivity index (χ4n) is 9.21. The van der Waals surface area contributed by atoms with E-state index in [0.717, 1.165) is 12.8 Å². The molecule has 0 bridgehead atoms. The predicted molar refractivity (Wildman–Crippen MR) is 187 cm³/mol. The standard InChI is InChI=1S/C25H25.C7H7.C5H5.CH3.CH2.2ClH.Zr/c1-14-12-24(3,4)22-8-16-7-17-9-23-19(15(2)13-25(23,5)6)11-21(17)20(16)10-18(14)22;1-7-5-3-2-4-6-7;1-2-4-5-3-1;;;;;/h8-12H,7H2,1-6H3;3-6H,1H3;1-3H,4H2;1H3;1H2;2*1H;. The van der Waals surface area contributed by atoms with Gasteiger partial charge in [0.1, 0.15) is 0 Å². The Hall–Kier alpha value is -2.05. The Morgan fingerprint density at radius 2 is 1.36 bits per heavy atom. The van der Waals surface area contributed by atoms with Crippen LogP contribution in [0.15, 0.2) is 79.4 Å². The third kappa shape index (κ3) is 3.99. The minimum atomic E-state index is -4.13. The molecular formula is C39H44Cl2Zr. The van der Waals surface area contributed by atoms with Crippen LogP contribution >= 0.6 is 24.8 Å². The summed E-state index contributed by atoms with van der Waals surface area (Å²) in [4.78, 5) is 0. The van der Waals surface area contributed by atoms with Crippen molar-refractivity contribution in [1.29, 1.82) is 0 Å². The zero-order valence-electron chi connectivity index (χ0n) is 26.4. The van der Waals surface area contributed by atoms with Gasteiger partial charge in [0.25, 0.3) is 0 Å². The molecular weight excluding hydrogens is 631 g/mol. The van der Waals surface area contributed by atoms with Crippen LogP contribution in [0.5, 0.6) is 0 Å². The van der Waals surface area contributed by atoms with Crippen LogP contribution in [0.2, 0.25) is 4.63 Å². The molecule has 0 aromatic heterocycles. The third-order valence-corrected chi connectivity index (χ3v) is 26.7. The molecule has 0 aliphatic heterocycles. The normalized spacial score (nSPS) is 18.9. The maximum absolute atomic E-state index is 5.41. The quantitative estimate of drug-likeness (QED) is 0.203. The van der Waals surface area contributed by atoms with Gasteiger partial charge < -0.3 is 0 Å². The van der Waals surface area contributed by atoms with Gasteiger partial charge in [-0.05, 0) is 0 Å². The minimum absolute atomic E-state index is 0. The third-order valence-electron chi connectivity index (χ3n) is 11.1. The first-order chi connectivity index (χ1) is 18.7. The van der Waals surface area contributed by atoms with Crippen molar-refractivity contribution >= 4 is 43.4 Å². The molecule has 4 aliphatic carbocycles.